The van der Waals surface area contributed by atoms with Gasteiger partial charge < -0.3 is 20.1 Å². The summed E-state index contributed by atoms with van der Waals surface area (Å²) in [5, 5.41) is 14.5. The third-order valence-electron chi connectivity index (χ3n) is 5.39. The number of phenols is 1. The van der Waals surface area contributed by atoms with Crippen molar-refractivity contribution in [2.45, 2.75) is 25.3 Å². The fraction of sp³-hybridized carbons (Fsp3) is 0.261. The summed E-state index contributed by atoms with van der Waals surface area (Å²) in [6.45, 7) is 0.872. The number of fused-ring (bicyclic) bond motifs is 2. The molecule has 0 aliphatic heterocycles. The molecule has 0 amide bonds. The van der Waals surface area contributed by atoms with Crippen molar-refractivity contribution < 1.29 is 14.6 Å². The number of hydrogen-bond donors (Lipinski definition) is 3. The van der Waals surface area contributed by atoms with Gasteiger partial charge in [0.2, 0.25) is 0 Å². The van der Waals surface area contributed by atoms with Gasteiger partial charge in [0.15, 0.2) is 0 Å². The van der Waals surface area contributed by atoms with Crippen molar-refractivity contribution in [2.24, 2.45) is 0 Å². The van der Waals surface area contributed by atoms with E-state index in [1.807, 2.05) is 24.4 Å². The number of aromatic hydroxyl groups is 1. The summed E-state index contributed by atoms with van der Waals surface area (Å²) in [5.41, 5.74) is 5.95. The number of hydrogen-bond acceptors (Lipinski definition) is 4. The van der Waals surface area contributed by atoms with Crippen LogP contribution in [0, 0.1) is 0 Å². The minimum absolute atomic E-state index is 0.295. The SMILES string of the molecule is COC(=O)C=Cc1ccc2c(c1)CCC2NCCc1c[nH]c2ccc(O)cc12. The number of aromatic amines is 1. The molecule has 1 unspecified atom stereocenters. The van der Waals surface area contributed by atoms with Gasteiger partial charge in [0.1, 0.15) is 5.75 Å². The van der Waals surface area contributed by atoms with Crippen molar-refractivity contribution in [1.82, 2.24) is 10.3 Å². The molecule has 1 aliphatic carbocycles. The Labute approximate surface area is 164 Å². The van der Waals surface area contributed by atoms with Crippen molar-refractivity contribution in [3.05, 3.63) is 70.9 Å². The number of carbonyl (C=O) groups is 1. The molecule has 144 valence electrons. The Morgan fingerprint density at radius 2 is 2.21 bits per heavy atom. The van der Waals surface area contributed by atoms with Crippen LogP contribution in [0.25, 0.3) is 17.0 Å². The molecule has 5 nitrogen and oxygen atoms in total. The van der Waals surface area contributed by atoms with Crippen LogP contribution in [0.5, 0.6) is 5.75 Å². The van der Waals surface area contributed by atoms with Gasteiger partial charge in [-0.2, -0.15) is 0 Å². The van der Waals surface area contributed by atoms with E-state index in [1.54, 1.807) is 12.1 Å². The van der Waals surface area contributed by atoms with Crippen molar-refractivity contribution >= 4 is 22.9 Å². The maximum Gasteiger partial charge on any atom is 0.330 e. The average molecular weight is 376 g/mol. The lowest BCUT2D eigenvalue weighted by Gasteiger charge is -2.14. The predicted molar refractivity (Wildman–Crippen MR) is 110 cm³/mol. The first-order valence-electron chi connectivity index (χ1n) is 9.55. The van der Waals surface area contributed by atoms with Gasteiger partial charge in [-0.15, -0.1) is 0 Å². The third-order valence-corrected chi connectivity index (χ3v) is 5.39. The molecule has 0 radical (unpaired) electrons. The van der Waals surface area contributed by atoms with Gasteiger partial charge in [0.25, 0.3) is 0 Å². The summed E-state index contributed by atoms with van der Waals surface area (Å²) < 4.78 is 4.64. The van der Waals surface area contributed by atoms with Gasteiger partial charge in [0, 0.05) is 29.2 Å². The summed E-state index contributed by atoms with van der Waals surface area (Å²) in [5.74, 6) is -0.0475. The molecule has 0 saturated heterocycles. The Bertz CT molecular complexity index is 1040. The van der Waals surface area contributed by atoms with Gasteiger partial charge in [-0.1, -0.05) is 18.2 Å². The summed E-state index contributed by atoms with van der Waals surface area (Å²) in [4.78, 5) is 14.5. The number of ether oxygens (including phenoxy) is 1. The summed E-state index contributed by atoms with van der Waals surface area (Å²) in [6.07, 6.45) is 8.27. The standard InChI is InChI=1S/C23H24N2O3/c1-28-23(27)9-3-15-2-6-19-16(12-15)4-7-21(19)24-11-10-17-14-25-22-8-5-18(26)13-20(17)22/h2-3,5-6,8-9,12-14,21,24-26H,4,7,10-11H2,1H3. The molecule has 0 spiro atoms. The van der Waals surface area contributed by atoms with Crippen LogP contribution in [0.4, 0.5) is 0 Å². The van der Waals surface area contributed by atoms with Crippen LogP contribution in [-0.4, -0.2) is 29.7 Å². The van der Waals surface area contributed by atoms with Gasteiger partial charge in [-0.05, 0) is 72.3 Å². The van der Waals surface area contributed by atoms with Gasteiger partial charge in [-0.25, -0.2) is 4.79 Å². The molecule has 4 rings (SSSR count). The molecule has 1 aromatic heterocycles. The van der Waals surface area contributed by atoms with Crippen molar-refractivity contribution in [1.29, 1.82) is 0 Å². The normalized spacial score (nSPS) is 16.0. The number of phenolic OH excluding ortho intramolecular Hbond substituents is 1. The number of aryl methyl sites for hydroxylation is 1. The van der Waals surface area contributed by atoms with E-state index in [0.717, 1.165) is 42.3 Å². The van der Waals surface area contributed by atoms with E-state index in [2.05, 4.69) is 27.2 Å². The zero-order valence-corrected chi connectivity index (χ0v) is 15.9. The van der Waals surface area contributed by atoms with E-state index in [9.17, 15) is 9.90 Å². The summed E-state index contributed by atoms with van der Waals surface area (Å²) in [6, 6.07) is 12.1. The molecule has 3 aromatic rings. The molecule has 1 heterocycles. The molecule has 2 aromatic carbocycles. The van der Waals surface area contributed by atoms with Crippen molar-refractivity contribution in [3.8, 4) is 5.75 Å². The Balaban J connectivity index is 1.39. The van der Waals surface area contributed by atoms with Gasteiger partial charge >= 0.3 is 5.97 Å². The first-order chi connectivity index (χ1) is 13.6. The van der Waals surface area contributed by atoms with E-state index in [-0.39, 0.29) is 5.97 Å². The average Bonchev–Trinajstić information content (AvgIpc) is 3.30. The second kappa shape index (κ2) is 7.90. The number of carbonyl (C=O) groups excluding carboxylic acids is 1. The zero-order valence-electron chi connectivity index (χ0n) is 15.9. The maximum absolute atomic E-state index is 11.3. The largest absolute Gasteiger partial charge is 0.508 e. The lowest BCUT2D eigenvalue weighted by Crippen LogP contribution is -2.21. The highest BCUT2D eigenvalue weighted by Gasteiger charge is 2.21. The molecule has 28 heavy (non-hydrogen) atoms. The van der Waals surface area contributed by atoms with Crippen LogP contribution in [0.1, 0.15) is 34.7 Å². The molecule has 1 atom stereocenters. The number of rotatable bonds is 6. The number of aromatic nitrogens is 1. The second-order valence-electron chi connectivity index (χ2n) is 7.15. The monoisotopic (exact) mass is 376 g/mol. The minimum atomic E-state index is -0.342. The van der Waals surface area contributed by atoms with Crippen LogP contribution in [0.3, 0.4) is 0 Å². The van der Waals surface area contributed by atoms with Gasteiger partial charge in [0.05, 0.1) is 7.11 Å². The van der Waals surface area contributed by atoms with E-state index in [0.29, 0.717) is 11.8 Å². The Morgan fingerprint density at radius 1 is 1.32 bits per heavy atom. The lowest BCUT2D eigenvalue weighted by molar-refractivity contribution is -0.134. The topological polar surface area (TPSA) is 74.3 Å². The third kappa shape index (κ3) is 3.80. The van der Waals surface area contributed by atoms with Crippen LogP contribution in [0.15, 0.2) is 48.7 Å². The van der Waals surface area contributed by atoms with E-state index in [1.165, 1.54) is 29.9 Å². The number of benzene rings is 2. The number of nitrogens with one attached hydrogen (secondary N) is 2. The fourth-order valence-corrected chi connectivity index (χ4v) is 3.94. The molecule has 1 aliphatic rings. The van der Waals surface area contributed by atoms with E-state index >= 15 is 0 Å². The van der Waals surface area contributed by atoms with Crippen LogP contribution in [0.2, 0.25) is 0 Å². The van der Waals surface area contributed by atoms with Crippen molar-refractivity contribution in [2.75, 3.05) is 13.7 Å². The molecule has 0 saturated carbocycles. The highest BCUT2D eigenvalue weighted by molar-refractivity contribution is 5.87. The Kier molecular flexibility index (Phi) is 5.17. The van der Waals surface area contributed by atoms with Crippen LogP contribution in [-0.2, 0) is 22.4 Å². The molecular weight excluding hydrogens is 352 g/mol. The number of H-pyrrole nitrogens is 1. The molecule has 0 bridgehead atoms. The smallest absolute Gasteiger partial charge is 0.330 e. The molecular formula is C23H24N2O3. The molecule has 5 heteroatoms. The van der Waals surface area contributed by atoms with Crippen LogP contribution >= 0.6 is 0 Å². The molecule has 0 fully saturated rings. The zero-order chi connectivity index (χ0) is 19.5. The van der Waals surface area contributed by atoms with Crippen LogP contribution < -0.4 is 5.32 Å². The minimum Gasteiger partial charge on any atom is -0.508 e. The summed E-state index contributed by atoms with van der Waals surface area (Å²) in [7, 11) is 1.38. The maximum atomic E-state index is 11.3. The fourth-order valence-electron chi connectivity index (χ4n) is 3.94. The predicted octanol–water partition coefficient (Wildman–Crippen LogP) is 3.88. The van der Waals surface area contributed by atoms with E-state index < -0.39 is 0 Å². The first-order valence-corrected chi connectivity index (χ1v) is 9.55. The van der Waals surface area contributed by atoms with Gasteiger partial charge in [-0.3, -0.25) is 0 Å². The highest BCUT2D eigenvalue weighted by atomic mass is 16.5. The quantitative estimate of drug-likeness (QED) is 0.451. The second-order valence-corrected chi connectivity index (χ2v) is 7.15. The highest BCUT2D eigenvalue weighted by Crippen LogP contribution is 2.32. The Morgan fingerprint density at radius 3 is 3.07 bits per heavy atom. The number of esters is 1. The first kappa shape index (κ1) is 18.3. The summed E-state index contributed by atoms with van der Waals surface area (Å²) >= 11 is 0. The van der Waals surface area contributed by atoms with Crippen molar-refractivity contribution in [3.63, 3.8) is 0 Å². The lowest BCUT2D eigenvalue weighted by atomic mass is 10.0. The molecule has 3 N–H and O–H groups in total. The Hall–Kier alpha value is -3.05. The number of methoxy groups -OCH3 is 1. The van der Waals surface area contributed by atoms with E-state index in [4.69, 9.17) is 0 Å².